The minimum Gasteiger partial charge on any atom is -0.660 e. The van der Waals surface area contributed by atoms with Crippen LogP contribution in [-0.2, 0) is 37.9 Å². The third-order valence-corrected chi connectivity index (χ3v) is 8.76. The summed E-state index contributed by atoms with van der Waals surface area (Å²) in [6.45, 7) is 15.0. The summed E-state index contributed by atoms with van der Waals surface area (Å²) in [5.74, 6) is -2.13. The van der Waals surface area contributed by atoms with E-state index in [0.717, 1.165) is 22.3 Å². The fourth-order valence-electron chi connectivity index (χ4n) is 5.95. The fourth-order valence-corrected chi connectivity index (χ4v) is 5.95. The number of carbonyl (C=O) groups is 2. The molecule has 2 aromatic heterocycles. The van der Waals surface area contributed by atoms with E-state index in [4.69, 9.17) is 15.0 Å². The Morgan fingerprint density at radius 1 is 0.822 bits per heavy atom. The molecule has 10 nitrogen and oxygen atoms in total. The van der Waals surface area contributed by atoms with E-state index in [1.165, 1.54) is 13.0 Å². The Morgan fingerprint density at radius 2 is 1.42 bits per heavy atom. The standard InChI is InChI=1S/C34H36N4O6.Fe/c1-7-20-17(3)23-13-24-19(5)22(9-10-31(39)40)28(37-24)16-30-34(44,12-11-32(41)42)33(6,43)29(38-30)15-27-21(8-2)18(4)25(36-27)14-26(20)35-23;/h7-8,13-16,43-44H,1-2,9-12H2,3-6H3,(H4,35,36,37,38,39,40,41,42);/q;+2/p-2. The maximum Gasteiger partial charge on any atom is 2.00 e. The maximum atomic E-state index is 12.0. The second-order valence-electron chi connectivity index (χ2n) is 11.4. The number of aryl methyl sites for hydroxylation is 1. The van der Waals surface area contributed by atoms with Crippen LogP contribution in [0.25, 0.3) is 39.4 Å². The van der Waals surface area contributed by atoms with Crippen LogP contribution in [0.4, 0.5) is 0 Å². The molecule has 4 N–H and O–H groups in total. The monoisotopic (exact) mass is 650 g/mol. The molecule has 0 aliphatic carbocycles. The van der Waals surface area contributed by atoms with Gasteiger partial charge in [0.05, 0.1) is 28.4 Å². The van der Waals surface area contributed by atoms with E-state index in [1.807, 2.05) is 32.9 Å². The molecule has 2 aromatic rings. The first-order valence-electron chi connectivity index (χ1n) is 14.2. The number of rotatable bonds is 8. The van der Waals surface area contributed by atoms with Gasteiger partial charge in [0.1, 0.15) is 5.60 Å². The number of aliphatic hydroxyl groups is 2. The topological polar surface area (TPSA) is 169 Å². The van der Waals surface area contributed by atoms with Gasteiger partial charge in [0.2, 0.25) is 0 Å². The number of hydrogen-bond acceptors (Lipinski definition) is 6. The minimum absolute atomic E-state index is 0. The SMILES string of the molecule is C=CC1=C(C)c2cc3[n-]c(cc4nc(cc5[n-]c(cc1n2)C(C)(O)C5(O)CCC(=O)O)C(CCC(=O)O)=C4C)c(C)c3C=C.[Fe+2]. The Bertz CT molecular complexity index is 1900. The molecule has 11 heteroatoms. The van der Waals surface area contributed by atoms with E-state index >= 15 is 0 Å². The summed E-state index contributed by atoms with van der Waals surface area (Å²) in [5.41, 5.74) is 3.91. The Balaban J connectivity index is 0.00000461. The van der Waals surface area contributed by atoms with Crippen molar-refractivity contribution in [1.82, 2.24) is 19.9 Å². The van der Waals surface area contributed by atoms with Gasteiger partial charge in [-0.05, 0) is 62.8 Å². The second kappa shape index (κ2) is 12.3. The van der Waals surface area contributed by atoms with Crippen molar-refractivity contribution in [3.63, 3.8) is 0 Å². The van der Waals surface area contributed by atoms with Crippen molar-refractivity contribution >= 4 is 51.3 Å². The zero-order valence-electron chi connectivity index (χ0n) is 25.5. The van der Waals surface area contributed by atoms with Crippen molar-refractivity contribution in [2.75, 3.05) is 0 Å². The first kappa shape index (κ1) is 33.6. The predicted octanol–water partition coefficient (Wildman–Crippen LogP) is 5.12. The molecule has 2 unspecified atom stereocenters. The van der Waals surface area contributed by atoms with Crippen molar-refractivity contribution in [2.24, 2.45) is 0 Å². The van der Waals surface area contributed by atoms with Crippen LogP contribution in [0.15, 0.2) is 43.5 Å². The van der Waals surface area contributed by atoms with Crippen molar-refractivity contribution in [3.05, 3.63) is 88.8 Å². The van der Waals surface area contributed by atoms with Gasteiger partial charge in [0, 0.05) is 18.4 Å². The van der Waals surface area contributed by atoms with Gasteiger partial charge in [-0.25, -0.2) is 9.97 Å². The van der Waals surface area contributed by atoms with E-state index in [2.05, 4.69) is 18.1 Å². The van der Waals surface area contributed by atoms with E-state index in [-0.39, 0.29) is 47.7 Å². The molecular formula is C34H34FeN4O6. The summed E-state index contributed by atoms with van der Waals surface area (Å²) in [5, 5.41) is 42.8. The largest absolute Gasteiger partial charge is 2.00 e. The summed E-state index contributed by atoms with van der Waals surface area (Å²) < 4.78 is 0. The van der Waals surface area contributed by atoms with E-state index in [9.17, 15) is 30.0 Å². The van der Waals surface area contributed by atoms with Gasteiger partial charge in [-0.3, -0.25) is 9.59 Å². The molecule has 234 valence electrons. The van der Waals surface area contributed by atoms with Gasteiger partial charge >= 0.3 is 29.0 Å². The average molecular weight is 651 g/mol. The number of hydrogen-bond donors (Lipinski definition) is 4. The molecule has 2 atom stereocenters. The number of aromatic nitrogens is 4. The Hall–Kier alpha value is -4.28. The first-order chi connectivity index (χ1) is 20.7. The van der Waals surface area contributed by atoms with E-state index in [1.54, 1.807) is 18.2 Å². The minimum atomic E-state index is -2.10. The molecule has 0 radical (unpaired) electrons. The maximum absolute atomic E-state index is 12.0. The number of aliphatic carboxylic acids is 2. The molecule has 0 spiro atoms. The normalized spacial score (nSPS) is 20.0. The summed E-state index contributed by atoms with van der Waals surface area (Å²) in [6, 6.07) is 6.75. The second-order valence-corrected chi connectivity index (χ2v) is 11.4. The van der Waals surface area contributed by atoms with Gasteiger partial charge in [-0.15, -0.1) is 22.4 Å². The molecule has 0 amide bonds. The number of nitrogens with zero attached hydrogens (tertiary/aromatic N) is 4. The summed E-state index contributed by atoms with van der Waals surface area (Å²) in [4.78, 5) is 42.3. The molecule has 5 heterocycles. The van der Waals surface area contributed by atoms with E-state index < -0.39 is 29.6 Å². The number of carboxylic acid groups (broad SMARTS) is 2. The molecule has 5 rings (SSSR count). The first-order valence-corrected chi connectivity index (χ1v) is 14.2. The molecule has 8 bridgehead atoms. The Morgan fingerprint density at radius 3 is 2.04 bits per heavy atom. The van der Waals surface area contributed by atoms with Gasteiger partial charge in [0.15, 0.2) is 0 Å². The third kappa shape index (κ3) is 5.68. The fraction of sp³-hybridized carbons (Fsp3) is 0.294. The number of carboxylic acids is 2. The van der Waals surface area contributed by atoms with Crippen molar-refractivity contribution in [1.29, 1.82) is 0 Å². The van der Waals surface area contributed by atoms with Crippen LogP contribution in [0.1, 0.15) is 91.7 Å². The van der Waals surface area contributed by atoms with Gasteiger partial charge in [-0.1, -0.05) is 55.1 Å². The van der Waals surface area contributed by atoms with Crippen LogP contribution in [0, 0.1) is 6.92 Å². The Labute approximate surface area is 271 Å². The average Bonchev–Trinajstić information content (AvgIpc) is 3.58. The molecule has 3 aliphatic heterocycles. The molecule has 0 aromatic carbocycles. The van der Waals surface area contributed by atoms with Gasteiger partial charge in [-0.2, -0.15) is 0 Å². The number of fused-ring (bicyclic) bond motifs is 8. The van der Waals surface area contributed by atoms with Gasteiger partial charge in [0.25, 0.3) is 0 Å². The number of allylic oxidation sites excluding steroid dienone is 5. The van der Waals surface area contributed by atoms with Crippen LogP contribution < -0.4 is 9.97 Å². The van der Waals surface area contributed by atoms with Crippen LogP contribution in [0.2, 0.25) is 0 Å². The smallest absolute Gasteiger partial charge is 0.660 e. The van der Waals surface area contributed by atoms with Crippen molar-refractivity contribution in [2.45, 2.75) is 64.6 Å². The molecule has 0 saturated carbocycles. The molecule has 0 saturated heterocycles. The summed E-state index contributed by atoms with van der Waals surface area (Å²) in [6.07, 6.45) is 2.61. The van der Waals surface area contributed by atoms with Gasteiger partial charge < -0.3 is 30.4 Å². The zero-order valence-corrected chi connectivity index (χ0v) is 26.6. The van der Waals surface area contributed by atoms with Crippen LogP contribution >= 0.6 is 0 Å². The summed E-state index contributed by atoms with van der Waals surface area (Å²) >= 11 is 0. The third-order valence-electron chi connectivity index (χ3n) is 8.76. The zero-order chi connectivity index (χ0) is 32.1. The van der Waals surface area contributed by atoms with Crippen molar-refractivity contribution in [3.8, 4) is 0 Å². The quantitative estimate of drug-likeness (QED) is 0.282. The van der Waals surface area contributed by atoms with Crippen LogP contribution in [0.5, 0.6) is 0 Å². The molecule has 3 aliphatic rings. The van der Waals surface area contributed by atoms with Crippen LogP contribution in [-0.4, -0.2) is 42.3 Å². The van der Waals surface area contributed by atoms with E-state index in [0.29, 0.717) is 45.0 Å². The summed E-state index contributed by atoms with van der Waals surface area (Å²) in [7, 11) is 0. The van der Waals surface area contributed by atoms with Crippen molar-refractivity contribution < 1.29 is 47.1 Å². The molecule has 0 fully saturated rings. The molecular weight excluding hydrogens is 616 g/mol. The predicted molar refractivity (Wildman–Crippen MR) is 167 cm³/mol. The molecule has 45 heavy (non-hydrogen) atoms. The Kier molecular flexibility index (Phi) is 9.15. The van der Waals surface area contributed by atoms with Crippen LogP contribution in [0.3, 0.4) is 0 Å².